The Hall–Kier alpha value is -3.91. The molecule has 0 spiro atoms. The highest BCUT2D eigenvalue weighted by Gasteiger charge is 2.35. The Morgan fingerprint density at radius 3 is 2.93 bits per heavy atom. The monoisotopic (exact) mass is 407 g/mol. The number of aromatic nitrogens is 3. The molecule has 4 heterocycles. The number of nitrogen functional groups attached to an aromatic ring is 2. The summed E-state index contributed by atoms with van der Waals surface area (Å²) in [7, 11) is 0. The maximum atomic E-state index is 12.8. The highest BCUT2D eigenvalue weighted by atomic mass is 32.1. The van der Waals surface area contributed by atoms with E-state index in [1.54, 1.807) is 23.0 Å². The molecule has 0 unspecified atom stereocenters. The Balaban J connectivity index is 1.67. The van der Waals surface area contributed by atoms with Gasteiger partial charge in [-0.3, -0.25) is 4.52 Å². The van der Waals surface area contributed by atoms with Gasteiger partial charge in [-0.1, -0.05) is 0 Å². The number of nitriles is 1. The van der Waals surface area contributed by atoms with Crippen molar-refractivity contribution in [1.29, 1.82) is 5.26 Å². The number of hydrogen-bond acceptors (Lipinski definition) is 10. The molecule has 0 atom stereocenters. The van der Waals surface area contributed by atoms with Crippen molar-refractivity contribution in [3.8, 4) is 17.4 Å². The molecule has 0 radical (unpaired) electrons. The minimum Gasteiger partial charge on any atom is -0.857 e. The summed E-state index contributed by atoms with van der Waals surface area (Å²) in [6.45, 7) is 0. The average molecular weight is 407 g/mol. The van der Waals surface area contributed by atoms with Crippen LogP contribution in [0.1, 0.15) is 29.3 Å². The van der Waals surface area contributed by atoms with Crippen LogP contribution in [-0.2, 0) is 0 Å². The van der Waals surface area contributed by atoms with Crippen LogP contribution < -0.4 is 21.3 Å². The van der Waals surface area contributed by atoms with Gasteiger partial charge in [0.05, 0.1) is 22.4 Å². The summed E-state index contributed by atoms with van der Waals surface area (Å²) in [6, 6.07) is 5.71. The van der Waals surface area contributed by atoms with Crippen molar-refractivity contribution in [2.75, 3.05) is 11.5 Å². The first-order chi connectivity index (χ1) is 14.1. The predicted molar refractivity (Wildman–Crippen MR) is 102 cm³/mol. The highest BCUT2D eigenvalue weighted by Crippen LogP contribution is 2.42. The fourth-order valence-corrected chi connectivity index (χ4v) is 4.07. The number of rotatable bonds is 4. The van der Waals surface area contributed by atoms with Crippen LogP contribution in [0.5, 0.6) is 0 Å². The van der Waals surface area contributed by atoms with E-state index in [2.05, 4.69) is 15.2 Å². The van der Waals surface area contributed by atoms with Crippen molar-refractivity contribution in [2.45, 2.75) is 18.9 Å². The van der Waals surface area contributed by atoms with E-state index in [0.29, 0.717) is 27.6 Å². The molecule has 4 aromatic heterocycles. The summed E-state index contributed by atoms with van der Waals surface area (Å²) in [4.78, 5) is 8.79. The van der Waals surface area contributed by atoms with Crippen LogP contribution in [0.25, 0.3) is 21.5 Å². The summed E-state index contributed by atoms with van der Waals surface area (Å²) in [5.41, 5.74) is 12.9. The minimum absolute atomic E-state index is 0.0318. The van der Waals surface area contributed by atoms with E-state index in [-0.39, 0.29) is 27.8 Å². The second-order valence-corrected chi connectivity index (χ2v) is 7.53. The lowest BCUT2D eigenvalue weighted by Crippen LogP contribution is -2.32. The number of aliphatic imine (C=N–C) groups is 1. The average Bonchev–Trinajstić information content (AvgIpc) is 3.09. The van der Waals surface area contributed by atoms with E-state index < -0.39 is 5.90 Å². The van der Waals surface area contributed by atoms with E-state index in [9.17, 15) is 10.4 Å². The topological polar surface area (TPSA) is 167 Å². The third kappa shape index (κ3) is 2.77. The number of hydrogen-bond donors (Lipinski definition) is 2. The number of nitrogens with two attached hydrogens (primary N) is 2. The predicted octanol–water partition coefficient (Wildman–Crippen LogP) is 1.64. The van der Waals surface area contributed by atoms with E-state index >= 15 is 0 Å². The van der Waals surface area contributed by atoms with Gasteiger partial charge in [-0.05, 0) is 16.8 Å². The van der Waals surface area contributed by atoms with Gasteiger partial charge in [-0.15, -0.1) is 11.3 Å². The van der Waals surface area contributed by atoms with Crippen LogP contribution in [0, 0.1) is 11.3 Å². The van der Waals surface area contributed by atoms with Gasteiger partial charge in [-0.25, -0.2) is 9.98 Å². The fraction of sp³-hybridized carbons (Fsp3) is 0.167. The zero-order chi connectivity index (χ0) is 20.1. The summed E-state index contributed by atoms with van der Waals surface area (Å²) in [6.07, 6.45) is 5.11. The SMILES string of the molecule is N#Cc1c(N)nc2sc(/C([O-])=N/c3c[n+](C4CC4)no3)c(N)c2c1-c1ccco1. The van der Waals surface area contributed by atoms with Crippen molar-refractivity contribution in [1.82, 2.24) is 10.3 Å². The molecular weight excluding hydrogens is 394 g/mol. The Bertz CT molecular complexity index is 1310. The highest BCUT2D eigenvalue weighted by molar-refractivity contribution is 7.21. The Morgan fingerprint density at radius 1 is 1.41 bits per heavy atom. The first-order valence-electron chi connectivity index (χ1n) is 8.66. The van der Waals surface area contributed by atoms with Gasteiger partial charge in [0, 0.05) is 24.1 Å². The largest absolute Gasteiger partial charge is 0.857 e. The molecule has 29 heavy (non-hydrogen) atoms. The summed E-state index contributed by atoms with van der Waals surface area (Å²) in [5.74, 6) is -0.0617. The van der Waals surface area contributed by atoms with Gasteiger partial charge in [0.25, 0.3) is 6.20 Å². The number of thiophene rings is 1. The minimum atomic E-state index is -0.591. The number of furan rings is 1. The van der Waals surface area contributed by atoms with Crippen LogP contribution in [0.15, 0.2) is 38.5 Å². The molecule has 1 aliphatic carbocycles. The third-order valence-corrected chi connectivity index (χ3v) is 5.67. The van der Waals surface area contributed by atoms with E-state index in [0.717, 1.165) is 24.2 Å². The molecule has 0 aliphatic heterocycles. The molecule has 0 amide bonds. The van der Waals surface area contributed by atoms with Gasteiger partial charge in [0.1, 0.15) is 28.0 Å². The molecular formula is C18H13N7O3S. The molecule has 4 N–H and O–H groups in total. The molecule has 0 bridgehead atoms. The van der Waals surface area contributed by atoms with Crippen molar-refractivity contribution in [2.24, 2.45) is 4.99 Å². The lowest BCUT2D eigenvalue weighted by molar-refractivity contribution is -0.765. The standard InChI is InChI=1S/C18H13N7O3S/c19-6-9-12(10-2-1-5-27-10)13-14(20)15(29-18(13)23-16(9)21)17(26)22-11-7-25(24-28-11)8-3-4-8/h1-2,5,7-8H,3-4H2,(H4-,20,21,22,23,24,26). The molecule has 11 heteroatoms. The normalized spacial score (nSPS) is 14.4. The van der Waals surface area contributed by atoms with E-state index in [4.69, 9.17) is 20.4 Å². The van der Waals surface area contributed by atoms with Gasteiger partial charge in [0.15, 0.2) is 6.04 Å². The van der Waals surface area contributed by atoms with Gasteiger partial charge in [-0.2, -0.15) is 5.26 Å². The first-order valence-corrected chi connectivity index (χ1v) is 9.48. The Morgan fingerprint density at radius 2 is 2.24 bits per heavy atom. The lowest BCUT2D eigenvalue weighted by atomic mass is 10.0. The van der Waals surface area contributed by atoms with Crippen LogP contribution in [0.2, 0.25) is 0 Å². The van der Waals surface area contributed by atoms with Crippen LogP contribution >= 0.6 is 11.3 Å². The van der Waals surface area contributed by atoms with Crippen molar-refractivity contribution < 1.29 is 18.7 Å². The maximum Gasteiger partial charge on any atom is 0.320 e. The molecule has 0 saturated heterocycles. The second kappa shape index (κ2) is 6.32. The number of nitrogens with zero attached hydrogens (tertiary/aromatic N) is 5. The zero-order valence-electron chi connectivity index (χ0n) is 14.8. The van der Waals surface area contributed by atoms with Crippen molar-refractivity contribution in [3.63, 3.8) is 0 Å². The Labute approximate surface area is 167 Å². The van der Waals surface area contributed by atoms with Gasteiger partial charge >= 0.3 is 5.88 Å². The second-order valence-electron chi connectivity index (χ2n) is 6.53. The zero-order valence-corrected chi connectivity index (χ0v) is 15.6. The fourth-order valence-electron chi connectivity index (χ4n) is 3.07. The van der Waals surface area contributed by atoms with Gasteiger partial charge < -0.3 is 21.0 Å². The van der Waals surface area contributed by atoms with Crippen molar-refractivity contribution in [3.05, 3.63) is 35.0 Å². The van der Waals surface area contributed by atoms with Crippen molar-refractivity contribution >= 4 is 44.8 Å². The molecule has 10 nitrogen and oxygen atoms in total. The third-order valence-electron chi connectivity index (χ3n) is 4.58. The Kier molecular flexibility index (Phi) is 3.75. The molecule has 1 aliphatic rings. The molecule has 144 valence electrons. The quantitative estimate of drug-likeness (QED) is 0.292. The smallest absolute Gasteiger partial charge is 0.320 e. The number of anilines is 2. The van der Waals surface area contributed by atoms with E-state index in [1.807, 2.05) is 6.07 Å². The van der Waals surface area contributed by atoms with Crippen LogP contribution in [-0.4, -0.2) is 16.2 Å². The molecule has 4 aromatic rings. The lowest BCUT2D eigenvalue weighted by Gasteiger charge is -2.08. The molecule has 5 rings (SSSR count). The molecule has 1 saturated carbocycles. The number of fused-ring (bicyclic) bond motifs is 1. The van der Waals surface area contributed by atoms with Crippen LogP contribution in [0.4, 0.5) is 17.4 Å². The van der Waals surface area contributed by atoms with Crippen LogP contribution in [0.3, 0.4) is 0 Å². The first kappa shape index (κ1) is 17.2. The summed E-state index contributed by atoms with van der Waals surface area (Å²) < 4.78 is 12.2. The molecule has 1 fully saturated rings. The van der Waals surface area contributed by atoms with Gasteiger partial charge in [0.2, 0.25) is 5.27 Å². The van der Waals surface area contributed by atoms with E-state index in [1.165, 1.54) is 6.26 Å². The summed E-state index contributed by atoms with van der Waals surface area (Å²) >= 11 is 1.04. The summed E-state index contributed by atoms with van der Waals surface area (Å²) in [5, 5.41) is 26.6. The molecule has 0 aromatic carbocycles. The number of pyridine rings is 1. The maximum absolute atomic E-state index is 12.8.